The molecule has 3 rings (SSSR count). The van der Waals surface area contributed by atoms with Crippen molar-refractivity contribution in [2.75, 3.05) is 12.4 Å². The number of ether oxygens (including phenoxy) is 2. The number of hydrogen-bond acceptors (Lipinski definition) is 6. The topological polar surface area (TPSA) is 114 Å². The minimum Gasteiger partial charge on any atom is -0.493 e. The van der Waals surface area contributed by atoms with Crippen molar-refractivity contribution in [2.24, 2.45) is 0 Å². The number of nitrogens with zero attached hydrogens (tertiary/aromatic N) is 2. The number of aryl methyl sites for hydroxylation is 1. The van der Waals surface area contributed by atoms with Gasteiger partial charge in [0.1, 0.15) is 18.2 Å². The van der Waals surface area contributed by atoms with Crippen molar-refractivity contribution in [3.8, 4) is 17.6 Å². The Morgan fingerprint density at radius 3 is 2.59 bits per heavy atom. The third-order valence-electron chi connectivity index (χ3n) is 4.75. The number of anilines is 1. The lowest BCUT2D eigenvalue weighted by Crippen LogP contribution is -2.13. The fourth-order valence-electron chi connectivity index (χ4n) is 3.01. The molecule has 0 saturated heterocycles. The first-order valence-corrected chi connectivity index (χ1v) is 10.4. The number of non-ortho nitro benzene ring substituents is 1. The number of hydrogen-bond donors (Lipinski definition) is 1. The van der Waals surface area contributed by atoms with E-state index in [0.29, 0.717) is 17.1 Å². The van der Waals surface area contributed by atoms with Crippen molar-refractivity contribution in [3.63, 3.8) is 0 Å². The summed E-state index contributed by atoms with van der Waals surface area (Å²) in [7, 11) is 1.46. The summed E-state index contributed by atoms with van der Waals surface area (Å²) in [5, 5.41) is 23.1. The smallest absolute Gasteiger partial charge is 0.271 e. The van der Waals surface area contributed by atoms with Crippen LogP contribution in [0.25, 0.3) is 6.08 Å². The second kappa shape index (κ2) is 11.0. The highest BCUT2D eigenvalue weighted by atomic mass is 35.5. The molecule has 34 heavy (non-hydrogen) atoms. The van der Waals surface area contributed by atoms with Crippen LogP contribution in [0.1, 0.15) is 16.7 Å². The molecule has 0 saturated carbocycles. The van der Waals surface area contributed by atoms with Crippen LogP contribution in [0, 0.1) is 28.4 Å². The first-order valence-electron chi connectivity index (χ1n) is 10.0. The van der Waals surface area contributed by atoms with Crippen LogP contribution < -0.4 is 14.8 Å². The lowest BCUT2D eigenvalue weighted by molar-refractivity contribution is -0.384. The Bertz CT molecular complexity index is 1300. The second-order valence-corrected chi connectivity index (χ2v) is 7.65. The average molecular weight is 478 g/mol. The van der Waals surface area contributed by atoms with Crippen molar-refractivity contribution in [1.82, 2.24) is 0 Å². The Kier molecular flexibility index (Phi) is 7.85. The van der Waals surface area contributed by atoms with Gasteiger partial charge in [0.15, 0.2) is 11.5 Å². The van der Waals surface area contributed by atoms with Crippen LogP contribution in [-0.2, 0) is 11.4 Å². The van der Waals surface area contributed by atoms with Gasteiger partial charge in [-0.15, -0.1) is 0 Å². The number of nitrogens with one attached hydrogen (secondary N) is 1. The molecule has 0 aromatic heterocycles. The lowest BCUT2D eigenvalue weighted by Gasteiger charge is -2.14. The summed E-state index contributed by atoms with van der Waals surface area (Å²) in [5.74, 6) is -0.0542. The zero-order chi connectivity index (χ0) is 24.7. The van der Waals surface area contributed by atoms with E-state index < -0.39 is 10.8 Å². The number of carbonyl (C=O) groups is 1. The number of nitriles is 1. The molecule has 0 bridgehead atoms. The summed E-state index contributed by atoms with van der Waals surface area (Å²) >= 11 is 6.41. The van der Waals surface area contributed by atoms with Gasteiger partial charge in [0.05, 0.1) is 17.1 Å². The summed E-state index contributed by atoms with van der Waals surface area (Å²) in [6.45, 7) is 2.27. The average Bonchev–Trinajstić information content (AvgIpc) is 2.82. The largest absolute Gasteiger partial charge is 0.493 e. The van der Waals surface area contributed by atoms with Crippen molar-refractivity contribution < 1.29 is 19.2 Å². The fourth-order valence-corrected chi connectivity index (χ4v) is 3.29. The minimum atomic E-state index is -0.724. The van der Waals surface area contributed by atoms with E-state index in [4.69, 9.17) is 21.1 Å². The lowest BCUT2D eigenvalue weighted by atomic mass is 10.1. The Morgan fingerprint density at radius 1 is 1.21 bits per heavy atom. The van der Waals surface area contributed by atoms with Crippen LogP contribution in [-0.4, -0.2) is 17.9 Å². The molecule has 0 aliphatic carbocycles. The molecule has 8 nitrogen and oxygen atoms in total. The van der Waals surface area contributed by atoms with Gasteiger partial charge in [0.25, 0.3) is 11.6 Å². The van der Waals surface area contributed by atoms with E-state index >= 15 is 0 Å². The molecule has 0 radical (unpaired) electrons. The quantitative estimate of drug-likeness (QED) is 0.193. The zero-order valence-corrected chi connectivity index (χ0v) is 19.1. The molecule has 0 spiro atoms. The van der Waals surface area contributed by atoms with Gasteiger partial charge in [0, 0.05) is 17.8 Å². The van der Waals surface area contributed by atoms with Crippen LogP contribution in [0.4, 0.5) is 11.4 Å². The maximum absolute atomic E-state index is 12.6. The Balaban J connectivity index is 1.81. The number of benzene rings is 3. The number of carbonyl (C=O) groups excluding carboxylic acids is 1. The predicted octanol–water partition coefficient (Wildman–Crippen LogP) is 5.69. The molecule has 0 heterocycles. The molecule has 1 amide bonds. The molecule has 0 aliphatic heterocycles. The van der Waals surface area contributed by atoms with E-state index in [9.17, 15) is 20.2 Å². The number of methoxy groups -OCH3 is 1. The van der Waals surface area contributed by atoms with Crippen LogP contribution in [0.5, 0.6) is 11.5 Å². The molecular formula is C25H20ClN3O5. The van der Waals surface area contributed by atoms with Crippen LogP contribution >= 0.6 is 11.6 Å². The van der Waals surface area contributed by atoms with Crippen molar-refractivity contribution in [3.05, 3.63) is 98.1 Å². The highest BCUT2D eigenvalue weighted by Crippen LogP contribution is 2.37. The van der Waals surface area contributed by atoms with Gasteiger partial charge in [-0.25, -0.2) is 0 Å². The predicted molar refractivity (Wildman–Crippen MR) is 129 cm³/mol. The number of nitro groups is 1. The summed E-state index contributed by atoms with van der Waals surface area (Å²) in [4.78, 5) is 22.9. The first-order chi connectivity index (χ1) is 16.3. The van der Waals surface area contributed by atoms with Gasteiger partial charge in [0.2, 0.25) is 0 Å². The van der Waals surface area contributed by atoms with Gasteiger partial charge in [-0.1, -0.05) is 47.5 Å². The van der Waals surface area contributed by atoms with E-state index in [-0.39, 0.29) is 28.6 Å². The summed E-state index contributed by atoms with van der Waals surface area (Å²) < 4.78 is 11.2. The van der Waals surface area contributed by atoms with Gasteiger partial charge >= 0.3 is 0 Å². The Hall–Kier alpha value is -4.35. The first kappa shape index (κ1) is 24.3. The number of halogens is 1. The maximum atomic E-state index is 12.6. The van der Waals surface area contributed by atoms with E-state index in [1.165, 1.54) is 37.5 Å². The molecule has 172 valence electrons. The van der Waals surface area contributed by atoms with Crippen molar-refractivity contribution >= 4 is 35.0 Å². The van der Waals surface area contributed by atoms with E-state index in [0.717, 1.165) is 11.1 Å². The standard InChI is InChI=1S/C25H20ClN3O5/c1-16-6-8-17(9-7-16)15-34-24-22(26)11-18(12-23(24)33-2)10-19(14-27)25(30)28-20-4-3-5-21(13-20)29(31)32/h3-13H,15H2,1-2H3,(H,28,30)/b19-10+. The molecule has 9 heteroatoms. The van der Waals surface area contributed by atoms with Gasteiger partial charge in [-0.2, -0.15) is 5.26 Å². The van der Waals surface area contributed by atoms with Crippen molar-refractivity contribution in [2.45, 2.75) is 13.5 Å². The normalized spacial score (nSPS) is 10.8. The van der Waals surface area contributed by atoms with Crippen LogP contribution in [0.3, 0.4) is 0 Å². The highest BCUT2D eigenvalue weighted by molar-refractivity contribution is 6.32. The zero-order valence-electron chi connectivity index (χ0n) is 18.4. The third-order valence-corrected chi connectivity index (χ3v) is 5.03. The molecule has 0 atom stereocenters. The second-order valence-electron chi connectivity index (χ2n) is 7.24. The fraction of sp³-hybridized carbons (Fsp3) is 0.120. The minimum absolute atomic E-state index is 0.182. The number of rotatable bonds is 8. The van der Waals surface area contributed by atoms with Gasteiger partial charge in [-0.05, 0) is 42.3 Å². The van der Waals surface area contributed by atoms with E-state index in [1.807, 2.05) is 37.3 Å². The summed E-state index contributed by atoms with van der Waals surface area (Å²) in [5.41, 5.74) is 2.32. The highest BCUT2D eigenvalue weighted by Gasteiger charge is 2.15. The summed E-state index contributed by atoms with van der Waals surface area (Å²) in [6, 6.07) is 18.3. The van der Waals surface area contributed by atoms with Crippen LogP contribution in [0.2, 0.25) is 5.02 Å². The van der Waals surface area contributed by atoms with Gasteiger partial charge < -0.3 is 14.8 Å². The SMILES string of the molecule is COc1cc(/C=C(\C#N)C(=O)Nc2cccc([N+](=O)[O-])c2)cc(Cl)c1OCc1ccc(C)cc1. The monoisotopic (exact) mass is 477 g/mol. The molecule has 3 aromatic carbocycles. The maximum Gasteiger partial charge on any atom is 0.271 e. The van der Waals surface area contributed by atoms with Crippen LogP contribution in [0.15, 0.2) is 66.2 Å². The molecule has 1 N–H and O–H groups in total. The van der Waals surface area contributed by atoms with Crippen molar-refractivity contribution in [1.29, 1.82) is 5.26 Å². The molecule has 0 unspecified atom stereocenters. The molecule has 3 aromatic rings. The molecular weight excluding hydrogens is 458 g/mol. The number of amides is 1. The van der Waals surface area contributed by atoms with E-state index in [2.05, 4.69) is 5.32 Å². The summed E-state index contributed by atoms with van der Waals surface area (Å²) in [6.07, 6.45) is 1.34. The number of nitro benzene ring substituents is 1. The van der Waals surface area contributed by atoms with Gasteiger partial charge in [-0.3, -0.25) is 14.9 Å². The van der Waals surface area contributed by atoms with E-state index in [1.54, 1.807) is 12.1 Å². The third kappa shape index (κ3) is 6.12. The Morgan fingerprint density at radius 2 is 1.94 bits per heavy atom. The Labute approximate surface area is 201 Å². The molecule has 0 aliphatic rings. The molecule has 0 fully saturated rings.